The SMILES string of the molecule is CCCNC(C)c1ccc(OC(C)C(=O)NCC)c(F)c1. The fraction of sp³-hybridized carbons (Fsp3) is 0.562. The maximum Gasteiger partial charge on any atom is 0.260 e. The van der Waals surface area contributed by atoms with Gasteiger partial charge in [-0.3, -0.25) is 4.79 Å². The van der Waals surface area contributed by atoms with Crippen molar-refractivity contribution in [2.75, 3.05) is 13.1 Å². The molecule has 5 heteroatoms. The van der Waals surface area contributed by atoms with E-state index < -0.39 is 11.9 Å². The van der Waals surface area contributed by atoms with E-state index in [1.807, 2.05) is 19.9 Å². The lowest BCUT2D eigenvalue weighted by atomic mass is 10.1. The minimum absolute atomic E-state index is 0.0781. The van der Waals surface area contributed by atoms with E-state index in [1.165, 1.54) is 6.07 Å². The maximum absolute atomic E-state index is 14.1. The number of ether oxygens (including phenoxy) is 1. The number of benzene rings is 1. The number of nitrogens with one attached hydrogen (secondary N) is 2. The number of amides is 1. The van der Waals surface area contributed by atoms with E-state index in [0.29, 0.717) is 6.54 Å². The van der Waals surface area contributed by atoms with Gasteiger partial charge in [0, 0.05) is 12.6 Å². The van der Waals surface area contributed by atoms with Crippen molar-refractivity contribution in [2.24, 2.45) is 0 Å². The van der Waals surface area contributed by atoms with Crippen LogP contribution in [0.15, 0.2) is 18.2 Å². The van der Waals surface area contributed by atoms with Crippen LogP contribution in [-0.2, 0) is 4.79 Å². The Morgan fingerprint density at radius 2 is 2.05 bits per heavy atom. The standard InChI is InChI=1S/C16H25FN2O2/c1-5-9-19-11(3)13-7-8-15(14(17)10-13)21-12(4)16(20)18-6-2/h7-8,10-12,19H,5-6,9H2,1-4H3,(H,18,20). The fourth-order valence-corrected chi connectivity index (χ4v) is 1.92. The van der Waals surface area contributed by atoms with Crippen LogP contribution >= 0.6 is 0 Å². The van der Waals surface area contributed by atoms with Gasteiger partial charge in [0.15, 0.2) is 17.7 Å². The minimum Gasteiger partial charge on any atom is -0.478 e. The van der Waals surface area contributed by atoms with Gasteiger partial charge in [0.2, 0.25) is 0 Å². The van der Waals surface area contributed by atoms with Crippen molar-refractivity contribution in [2.45, 2.75) is 46.3 Å². The number of carbonyl (C=O) groups excluding carboxylic acids is 1. The Bertz CT molecular complexity index is 466. The van der Waals surface area contributed by atoms with Crippen LogP contribution in [0, 0.1) is 5.82 Å². The van der Waals surface area contributed by atoms with Gasteiger partial charge in [-0.15, -0.1) is 0 Å². The Morgan fingerprint density at radius 3 is 2.62 bits per heavy atom. The lowest BCUT2D eigenvalue weighted by Crippen LogP contribution is -2.36. The summed E-state index contributed by atoms with van der Waals surface area (Å²) in [6.45, 7) is 8.90. The zero-order valence-electron chi connectivity index (χ0n) is 13.2. The highest BCUT2D eigenvalue weighted by atomic mass is 19.1. The van der Waals surface area contributed by atoms with Crippen molar-refractivity contribution in [3.05, 3.63) is 29.6 Å². The quantitative estimate of drug-likeness (QED) is 0.775. The third kappa shape index (κ3) is 5.34. The van der Waals surface area contributed by atoms with Crippen LogP contribution in [-0.4, -0.2) is 25.1 Å². The largest absolute Gasteiger partial charge is 0.478 e. The Kier molecular flexibility index (Phi) is 7.15. The van der Waals surface area contributed by atoms with Gasteiger partial charge in [0.1, 0.15) is 0 Å². The van der Waals surface area contributed by atoms with E-state index in [9.17, 15) is 9.18 Å². The van der Waals surface area contributed by atoms with Crippen LogP contribution in [0.2, 0.25) is 0 Å². The molecule has 4 nitrogen and oxygen atoms in total. The minimum atomic E-state index is -0.721. The summed E-state index contributed by atoms with van der Waals surface area (Å²) in [7, 11) is 0. The van der Waals surface area contributed by atoms with Gasteiger partial charge in [-0.1, -0.05) is 13.0 Å². The highest BCUT2D eigenvalue weighted by Crippen LogP contribution is 2.23. The summed E-state index contributed by atoms with van der Waals surface area (Å²) in [6, 6.07) is 4.92. The van der Waals surface area contributed by atoms with E-state index in [1.54, 1.807) is 13.0 Å². The Labute approximate surface area is 126 Å². The number of carbonyl (C=O) groups is 1. The monoisotopic (exact) mass is 296 g/mol. The van der Waals surface area contributed by atoms with E-state index in [2.05, 4.69) is 17.6 Å². The third-order valence-electron chi connectivity index (χ3n) is 3.18. The molecule has 0 heterocycles. The normalized spacial score (nSPS) is 13.6. The summed E-state index contributed by atoms with van der Waals surface area (Å²) >= 11 is 0. The van der Waals surface area contributed by atoms with Crippen molar-refractivity contribution in [3.63, 3.8) is 0 Å². The molecule has 118 valence electrons. The molecular weight excluding hydrogens is 271 g/mol. The van der Waals surface area contributed by atoms with Crippen molar-refractivity contribution in [1.82, 2.24) is 10.6 Å². The van der Waals surface area contributed by atoms with Crippen LogP contribution in [0.25, 0.3) is 0 Å². The Balaban J connectivity index is 2.72. The number of halogens is 1. The fourth-order valence-electron chi connectivity index (χ4n) is 1.92. The Morgan fingerprint density at radius 1 is 1.33 bits per heavy atom. The molecule has 0 aliphatic rings. The first-order valence-electron chi connectivity index (χ1n) is 7.46. The molecule has 0 aromatic heterocycles. The van der Waals surface area contributed by atoms with Crippen LogP contribution in [0.5, 0.6) is 5.75 Å². The van der Waals surface area contributed by atoms with Crippen LogP contribution in [0.3, 0.4) is 0 Å². The average molecular weight is 296 g/mol. The first-order chi connectivity index (χ1) is 9.99. The van der Waals surface area contributed by atoms with Gasteiger partial charge in [0.25, 0.3) is 5.91 Å². The van der Waals surface area contributed by atoms with Crippen molar-refractivity contribution in [3.8, 4) is 5.75 Å². The summed E-state index contributed by atoms with van der Waals surface area (Å²) in [4.78, 5) is 11.6. The number of rotatable bonds is 8. The zero-order valence-corrected chi connectivity index (χ0v) is 13.2. The van der Waals surface area contributed by atoms with Crippen LogP contribution in [0.1, 0.15) is 45.7 Å². The molecule has 0 saturated heterocycles. The van der Waals surface area contributed by atoms with Gasteiger partial charge < -0.3 is 15.4 Å². The van der Waals surface area contributed by atoms with E-state index in [-0.39, 0.29) is 17.7 Å². The second-order valence-electron chi connectivity index (χ2n) is 5.02. The Hall–Kier alpha value is -1.62. The molecule has 1 rings (SSSR count). The molecule has 1 aromatic rings. The number of hydrogen-bond acceptors (Lipinski definition) is 3. The highest BCUT2D eigenvalue weighted by Gasteiger charge is 2.16. The molecule has 2 unspecified atom stereocenters. The molecule has 2 N–H and O–H groups in total. The van der Waals surface area contributed by atoms with E-state index >= 15 is 0 Å². The number of hydrogen-bond donors (Lipinski definition) is 2. The average Bonchev–Trinajstić information content (AvgIpc) is 2.46. The smallest absolute Gasteiger partial charge is 0.260 e. The van der Waals surface area contributed by atoms with Gasteiger partial charge in [-0.05, 0) is 51.4 Å². The van der Waals surface area contributed by atoms with Crippen LogP contribution < -0.4 is 15.4 Å². The van der Waals surface area contributed by atoms with Crippen molar-refractivity contribution < 1.29 is 13.9 Å². The molecule has 0 spiro atoms. The van der Waals surface area contributed by atoms with Gasteiger partial charge in [0.05, 0.1) is 0 Å². The summed E-state index contributed by atoms with van der Waals surface area (Å²) < 4.78 is 19.4. The van der Waals surface area contributed by atoms with Gasteiger partial charge in [-0.25, -0.2) is 4.39 Å². The predicted molar refractivity (Wildman–Crippen MR) is 81.9 cm³/mol. The maximum atomic E-state index is 14.1. The molecule has 2 atom stereocenters. The van der Waals surface area contributed by atoms with Crippen molar-refractivity contribution in [1.29, 1.82) is 0 Å². The second-order valence-corrected chi connectivity index (χ2v) is 5.02. The molecule has 1 amide bonds. The molecule has 0 radical (unpaired) electrons. The topological polar surface area (TPSA) is 50.4 Å². The summed E-state index contributed by atoms with van der Waals surface area (Å²) in [5.41, 5.74) is 0.860. The molecule has 0 aliphatic heterocycles. The lowest BCUT2D eigenvalue weighted by Gasteiger charge is -2.17. The summed E-state index contributed by atoms with van der Waals surface area (Å²) in [5, 5.41) is 5.94. The summed E-state index contributed by atoms with van der Waals surface area (Å²) in [5.74, 6) is -0.604. The molecule has 0 aliphatic carbocycles. The molecule has 0 bridgehead atoms. The summed E-state index contributed by atoms with van der Waals surface area (Å²) in [6.07, 6.45) is 0.305. The van der Waals surface area contributed by atoms with Gasteiger partial charge >= 0.3 is 0 Å². The predicted octanol–water partition coefficient (Wildman–Crippen LogP) is 2.79. The molecule has 1 aromatic carbocycles. The zero-order chi connectivity index (χ0) is 15.8. The number of likely N-dealkylation sites (N-methyl/N-ethyl adjacent to an activating group) is 1. The van der Waals surface area contributed by atoms with E-state index in [0.717, 1.165) is 18.5 Å². The first-order valence-corrected chi connectivity index (χ1v) is 7.46. The molecule has 21 heavy (non-hydrogen) atoms. The molecular formula is C16H25FN2O2. The molecule has 0 fully saturated rings. The molecule has 0 saturated carbocycles. The third-order valence-corrected chi connectivity index (χ3v) is 3.18. The van der Waals surface area contributed by atoms with E-state index in [4.69, 9.17) is 4.74 Å². The van der Waals surface area contributed by atoms with Crippen molar-refractivity contribution >= 4 is 5.91 Å². The second kappa shape index (κ2) is 8.62. The van der Waals surface area contributed by atoms with Crippen LogP contribution in [0.4, 0.5) is 4.39 Å². The van der Waals surface area contributed by atoms with Gasteiger partial charge in [-0.2, -0.15) is 0 Å². The lowest BCUT2D eigenvalue weighted by molar-refractivity contribution is -0.127. The highest BCUT2D eigenvalue weighted by molar-refractivity contribution is 5.80. The first kappa shape index (κ1) is 17.4.